The molecule has 0 saturated heterocycles. The van der Waals surface area contributed by atoms with Crippen LogP contribution in [-0.2, 0) is 4.79 Å². The largest absolute Gasteiger partial charge is 0.495 e. The number of para-hydroxylation sites is 2. The lowest BCUT2D eigenvalue weighted by Gasteiger charge is -2.16. The highest BCUT2D eigenvalue weighted by Gasteiger charge is 2.20. The predicted octanol–water partition coefficient (Wildman–Crippen LogP) is 7.45. The number of nitrogens with zero attached hydrogens (tertiary/aromatic N) is 1. The van der Waals surface area contributed by atoms with Crippen molar-refractivity contribution in [1.82, 2.24) is 4.98 Å². The molecular weight excluding hydrogens is 521 g/mol. The number of thioether (sulfide) groups is 1. The van der Waals surface area contributed by atoms with E-state index in [1.807, 2.05) is 73.0 Å². The highest BCUT2D eigenvalue weighted by atomic mass is 32.2. The van der Waals surface area contributed by atoms with Gasteiger partial charge in [0.1, 0.15) is 5.75 Å². The Kier molecular flexibility index (Phi) is 9.16. The molecule has 1 amide bonds. The van der Waals surface area contributed by atoms with Crippen molar-refractivity contribution in [2.75, 3.05) is 23.1 Å². The van der Waals surface area contributed by atoms with E-state index in [2.05, 4.69) is 40.0 Å². The lowest BCUT2D eigenvalue weighted by Crippen LogP contribution is -2.24. The van der Waals surface area contributed by atoms with Crippen LogP contribution in [0.4, 0.5) is 16.5 Å². The van der Waals surface area contributed by atoms with Gasteiger partial charge in [-0.05, 0) is 55.9 Å². The first-order chi connectivity index (χ1) is 17.9. The van der Waals surface area contributed by atoms with Crippen LogP contribution in [0.5, 0.6) is 5.75 Å². The molecule has 190 valence electrons. The fraction of sp³-hybridized carbons (Fsp3) is 0.179. The van der Waals surface area contributed by atoms with E-state index in [4.69, 9.17) is 17.0 Å². The van der Waals surface area contributed by atoms with Crippen LogP contribution in [-0.4, -0.2) is 28.4 Å². The molecule has 6 nitrogen and oxygen atoms in total. The normalized spacial score (nSPS) is 11.4. The molecule has 9 heteroatoms. The zero-order valence-corrected chi connectivity index (χ0v) is 23.2. The van der Waals surface area contributed by atoms with Crippen molar-refractivity contribution >= 4 is 62.8 Å². The van der Waals surface area contributed by atoms with Crippen molar-refractivity contribution in [2.45, 2.75) is 30.4 Å². The SMILES string of the molecule is CCC(Sc1cccc(NC(=S)Nc2ccccc2OC)c1)C(=O)Nc1nc(-c2ccc(C)cc2)cs1. The molecule has 3 N–H and O–H groups in total. The Morgan fingerprint density at radius 1 is 1.05 bits per heavy atom. The topological polar surface area (TPSA) is 75.3 Å². The number of nitrogens with one attached hydrogen (secondary N) is 3. The summed E-state index contributed by atoms with van der Waals surface area (Å²) in [4.78, 5) is 18.6. The number of hydrogen-bond donors (Lipinski definition) is 3. The molecule has 1 atom stereocenters. The average molecular weight is 549 g/mol. The van der Waals surface area contributed by atoms with Crippen LogP contribution < -0.4 is 20.7 Å². The summed E-state index contributed by atoms with van der Waals surface area (Å²) in [6.07, 6.45) is 0.679. The lowest BCUT2D eigenvalue weighted by atomic mass is 10.1. The fourth-order valence-corrected chi connectivity index (χ4v) is 5.50. The third-order valence-corrected chi connectivity index (χ3v) is 7.79. The number of rotatable bonds is 9. The number of thiocarbonyl (C=S) groups is 1. The van der Waals surface area contributed by atoms with Crippen LogP contribution in [0, 0.1) is 6.92 Å². The highest BCUT2D eigenvalue weighted by molar-refractivity contribution is 8.00. The number of benzene rings is 3. The molecule has 0 aliphatic carbocycles. The third kappa shape index (κ3) is 7.31. The zero-order valence-electron chi connectivity index (χ0n) is 20.8. The van der Waals surface area contributed by atoms with Crippen molar-refractivity contribution in [2.24, 2.45) is 0 Å². The number of carbonyl (C=O) groups excluding carboxylic acids is 1. The maximum Gasteiger partial charge on any atom is 0.239 e. The minimum atomic E-state index is -0.263. The zero-order chi connectivity index (χ0) is 26.2. The minimum Gasteiger partial charge on any atom is -0.495 e. The Labute approximate surface area is 230 Å². The molecule has 4 aromatic rings. The number of amides is 1. The van der Waals surface area contributed by atoms with E-state index in [1.165, 1.54) is 28.7 Å². The summed E-state index contributed by atoms with van der Waals surface area (Å²) >= 11 is 8.43. The second-order valence-corrected chi connectivity index (χ2v) is 10.8. The molecule has 0 aliphatic rings. The average Bonchev–Trinajstić information content (AvgIpc) is 3.36. The number of aryl methyl sites for hydroxylation is 1. The van der Waals surface area contributed by atoms with Crippen molar-refractivity contribution in [3.8, 4) is 17.0 Å². The van der Waals surface area contributed by atoms with Gasteiger partial charge >= 0.3 is 0 Å². The number of hydrogen-bond acceptors (Lipinski definition) is 6. The molecule has 0 radical (unpaired) electrons. The van der Waals surface area contributed by atoms with Crippen LogP contribution in [0.3, 0.4) is 0 Å². The summed E-state index contributed by atoms with van der Waals surface area (Å²) in [6.45, 7) is 4.06. The molecule has 0 bridgehead atoms. The maximum absolute atomic E-state index is 13.0. The van der Waals surface area contributed by atoms with Gasteiger partial charge in [0.25, 0.3) is 0 Å². The van der Waals surface area contributed by atoms with E-state index in [0.717, 1.165) is 27.5 Å². The summed E-state index contributed by atoms with van der Waals surface area (Å²) in [5, 5.41) is 12.1. The van der Waals surface area contributed by atoms with E-state index in [0.29, 0.717) is 22.4 Å². The fourth-order valence-electron chi connectivity index (χ4n) is 3.54. The number of aromatic nitrogens is 1. The van der Waals surface area contributed by atoms with E-state index < -0.39 is 0 Å². The van der Waals surface area contributed by atoms with Crippen LogP contribution in [0.25, 0.3) is 11.3 Å². The predicted molar refractivity (Wildman–Crippen MR) is 160 cm³/mol. The van der Waals surface area contributed by atoms with Gasteiger partial charge in [-0.25, -0.2) is 4.98 Å². The van der Waals surface area contributed by atoms with Gasteiger partial charge in [0.05, 0.1) is 23.7 Å². The highest BCUT2D eigenvalue weighted by Crippen LogP contribution is 2.30. The monoisotopic (exact) mass is 548 g/mol. The first-order valence-electron chi connectivity index (χ1n) is 11.8. The Hall–Kier alpha value is -3.40. The molecule has 1 heterocycles. The summed E-state index contributed by atoms with van der Waals surface area (Å²) in [7, 11) is 1.62. The first-order valence-corrected chi connectivity index (χ1v) is 13.9. The van der Waals surface area contributed by atoms with Gasteiger partial charge < -0.3 is 20.7 Å². The number of methoxy groups -OCH3 is 1. The van der Waals surface area contributed by atoms with Gasteiger partial charge in [-0.1, -0.05) is 55.0 Å². The third-order valence-electron chi connectivity index (χ3n) is 5.47. The number of anilines is 3. The summed E-state index contributed by atoms with van der Waals surface area (Å²) < 4.78 is 5.37. The van der Waals surface area contributed by atoms with Gasteiger partial charge in [0.2, 0.25) is 5.91 Å². The first kappa shape index (κ1) is 26.7. The smallest absolute Gasteiger partial charge is 0.239 e. The van der Waals surface area contributed by atoms with E-state index in [-0.39, 0.29) is 11.2 Å². The number of ether oxygens (including phenoxy) is 1. The van der Waals surface area contributed by atoms with Gasteiger partial charge in [0.15, 0.2) is 10.2 Å². The maximum atomic E-state index is 13.0. The van der Waals surface area contributed by atoms with Crippen LogP contribution >= 0.6 is 35.3 Å². The molecular formula is C28H28N4O2S3. The van der Waals surface area contributed by atoms with Crippen molar-refractivity contribution in [1.29, 1.82) is 0 Å². The van der Waals surface area contributed by atoms with Crippen LogP contribution in [0.15, 0.2) is 83.1 Å². The Balaban J connectivity index is 1.36. The summed E-state index contributed by atoms with van der Waals surface area (Å²) in [6, 6.07) is 23.6. The molecule has 0 spiro atoms. The van der Waals surface area contributed by atoms with E-state index in [1.54, 1.807) is 7.11 Å². The summed E-state index contributed by atoms with van der Waals surface area (Å²) in [5.41, 5.74) is 4.70. The van der Waals surface area contributed by atoms with Gasteiger partial charge in [-0.3, -0.25) is 4.79 Å². The quantitative estimate of drug-likeness (QED) is 0.148. The number of thiazole rings is 1. The Bertz CT molecular complexity index is 1370. The Morgan fingerprint density at radius 2 is 1.84 bits per heavy atom. The second-order valence-electron chi connectivity index (χ2n) is 8.22. The van der Waals surface area contributed by atoms with Gasteiger partial charge in [-0.15, -0.1) is 23.1 Å². The molecule has 1 unspecified atom stereocenters. The molecule has 4 rings (SSSR count). The molecule has 0 fully saturated rings. The molecule has 0 aliphatic heterocycles. The van der Waals surface area contributed by atoms with Crippen LogP contribution in [0.2, 0.25) is 0 Å². The summed E-state index contributed by atoms with van der Waals surface area (Å²) in [5.74, 6) is 0.642. The van der Waals surface area contributed by atoms with Crippen molar-refractivity contribution in [3.63, 3.8) is 0 Å². The van der Waals surface area contributed by atoms with E-state index >= 15 is 0 Å². The van der Waals surface area contributed by atoms with E-state index in [9.17, 15) is 4.79 Å². The second kappa shape index (κ2) is 12.7. The standard InChI is InChI=1S/C28H28N4O2S3/c1-4-25(26(33)32-28-31-23(17-36-28)19-14-12-18(2)13-15-19)37-21-9-7-8-20(16-21)29-27(35)30-22-10-5-6-11-24(22)34-3/h5-17,25H,4H2,1-3H3,(H2,29,30,35)(H,31,32,33). The lowest BCUT2D eigenvalue weighted by molar-refractivity contribution is -0.115. The Morgan fingerprint density at radius 3 is 2.59 bits per heavy atom. The van der Waals surface area contributed by atoms with Crippen LogP contribution in [0.1, 0.15) is 18.9 Å². The van der Waals surface area contributed by atoms with Gasteiger partial charge in [0, 0.05) is 21.5 Å². The van der Waals surface area contributed by atoms with Crippen molar-refractivity contribution < 1.29 is 9.53 Å². The number of carbonyl (C=O) groups is 1. The van der Waals surface area contributed by atoms with Crippen molar-refractivity contribution in [3.05, 3.63) is 83.7 Å². The molecule has 0 saturated carbocycles. The molecule has 37 heavy (non-hydrogen) atoms. The molecule has 1 aromatic heterocycles. The minimum absolute atomic E-state index is 0.0657. The molecule has 3 aromatic carbocycles. The van der Waals surface area contributed by atoms with Gasteiger partial charge in [-0.2, -0.15) is 0 Å².